The van der Waals surface area contributed by atoms with E-state index in [2.05, 4.69) is 21.7 Å². The van der Waals surface area contributed by atoms with E-state index in [9.17, 15) is 0 Å². The third-order valence-electron chi connectivity index (χ3n) is 2.11. The third-order valence-corrected chi connectivity index (χ3v) is 2.31. The largest absolute Gasteiger partial charge is 0.497 e. The van der Waals surface area contributed by atoms with Crippen LogP contribution in [0, 0.1) is 0 Å². The molecule has 0 radical (unpaired) electrons. The first kappa shape index (κ1) is 10.2. The fourth-order valence-electron chi connectivity index (χ4n) is 1.31. The third kappa shape index (κ3) is 2.35. The summed E-state index contributed by atoms with van der Waals surface area (Å²) in [6.07, 6.45) is -0.0254. The van der Waals surface area contributed by atoms with Gasteiger partial charge in [0.2, 0.25) is 0 Å². The van der Waals surface area contributed by atoms with E-state index in [1.54, 1.807) is 7.11 Å². The van der Waals surface area contributed by atoms with Crippen LogP contribution in [-0.4, -0.2) is 12.2 Å². The molecule has 1 aromatic rings. The van der Waals surface area contributed by atoms with Gasteiger partial charge in [-0.2, -0.15) is 0 Å². The lowest BCUT2D eigenvalue weighted by atomic mass is 10.2. The lowest BCUT2D eigenvalue weighted by Crippen LogP contribution is -2.61. The van der Waals surface area contributed by atoms with Crippen LogP contribution >= 0.6 is 12.2 Å². The standard InChI is InChI=1S/C9H12N4OS/c1-14-7-4-2-6(3-5-7)8-10-12-9(15)13-11-8/h2-5,8,10-11H,1H3,(H2,12,13,15). The lowest BCUT2D eigenvalue weighted by molar-refractivity contribution is 0.361. The van der Waals surface area contributed by atoms with E-state index >= 15 is 0 Å². The topological polar surface area (TPSA) is 57.4 Å². The van der Waals surface area contributed by atoms with Gasteiger partial charge in [-0.1, -0.05) is 12.1 Å². The highest BCUT2D eigenvalue weighted by Gasteiger charge is 2.15. The number of thiocarbonyl (C=S) groups is 1. The van der Waals surface area contributed by atoms with E-state index in [0.717, 1.165) is 11.3 Å². The van der Waals surface area contributed by atoms with Crippen molar-refractivity contribution in [3.05, 3.63) is 29.8 Å². The molecule has 1 aliphatic heterocycles. The molecule has 0 atom stereocenters. The van der Waals surface area contributed by atoms with Crippen LogP contribution in [0.3, 0.4) is 0 Å². The molecule has 80 valence electrons. The minimum Gasteiger partial charge on any atom is -0.497 e. The number of benzene rings is 1. The fraction of sp³-hybridized carbons (Fsp3) is 0.222. The number of ether oxygens (including phenoxy) is 1. The Bertz CT molecular complexity index is 344. The van der Waals surface area contributed by atoms with Crippen LogP contribution in [-0.2, 0) is 0 Å². The molecule has 0 spiro atoms. The average molecular weight is 224 g/mol. The quantitative estimate of drug-likeness (QED) is 0.538. The molecule has 1 fully saturated rings. The van der Waals surface area contributed by atoms with Gasteiger partial charge >= 0.3 is 0 Å². The highest BCUT2D eigenvalue weighted by molar-refractivity contribution is 7.80. The maximum atomic E-state index is 5.08. The summed E-state index contributed by atoms with van der Waals surface area (Å²) in [4.78, 5) is 0. The number of nitrogens with one attached hydrogen (secondary N) is 4. The van der Waals surface area contributed by atoms with Crippen LogP contribution in [0.25, 0.3) is 0 Å². The van der Waals surface area contributed by atoms with Crippen molar-refractivity contribution in [1.29, 1.82) is 0 Å². The number of hydrogen-bond donors (Lipinski definition) is 4. The Kier molecular flexibility index (Phi) is 3.00. The molecule has 0 bridgehead atoms. The summed E-state index contributed by atoms with van der Waals surface area (Å²) in [7, 11) is 1.65. The molecule has 4 N–H and O–H groups in total. The monoisotopic (exact) mass is 224 g/mol. The van der Waals surface area contributed by atoms with Crippen LogP contribution in [0.2, 0.25) is 0 Å². The van der Waals surface area contributed by atoms with Gasteiger partial charge in [-0.3, -0.25) is 10.9 Å². The summed E-state index contributed by atoms with van der Waals surface area (Å²) >= 11 is 4.88. The SMILES string of the molecule is COc1ccc(C2NNC(=S)NN2)cc1. The van der Waals surface area contributed by atoms with Gasteiger partial charge in [0.15, 0.2) is 5.11 Å². The second kappa shape index (κ2) is 4.43. The number of rotatable bonds is 2. The van der Waals surface area contributed by atoms with Gasteiger partial charge in [-0.05, 0) is 29.9 Å². The van der Waals surface area contributed by atoms with Crippen LogP contribution in [0.5, 0.6) is 5.75 Å². The Morgan fingerprint density at radius 1 is 1.13 bits per heavy atom. The summed E-state index contributed by atoms with van der Waals surface area (Å²) in [5.74, 6) is 0.839. The molecular weight excluding hydrogens is 212 g/mol. The zero-order valence-electron chi connectivity index (χ0n) is 8.20. The van der Waals surface area contributed by atoms with E-state index in [4.69, 9.17) is 17.0 Å². The zero-order valence-corrected chi connectivity index (χ0v) is 9.02. The van der Waals surface area contributed by atoms with Gasteiger partial charge < -0.3 is 4.74 Å². The molecule has 1 aliphatic rings. The maximum Gasteiger partial charge on any atom is 0.195 e. The van der Waals surface area contributed by atoms with Crippen molar-refractivity contribution in [2.45, 2.75) is 6.17 Å². The molecule has 2 rings (SSSR count). The minimum absolute atomic E-state index is 0.0254. The van der Waals surface area contributed by atoms with Crippen molar-refractivity contribution in [2.24, 2.45) is 0 Å². The molecule has 1 heterocycles. The number of hydrogen-bond acceptors (Lipinski definition) is 4. The Balaban J connectivity index is 2.06. The van der Waals surface area contributed by atoms with Gasteiger partial charge in [0, 0.05) is 0 Å². The predicted octanol–water partition coefficient (Wildman–Crippen LogP) is 0.181. The maximum absolute atomic E-state index is 5.08. The molecule has 1 aromatic carbocycles. The number of methoxy groups -OCH3 is 1. The Morgan fingerprint density at radius 2 is 1.73 bits per heavy atom. The summed E-state index contributed by atoms with van der Waals surface area (Å²) in [5, 5.41) is 0.528. The summed E-state index contributed by atoms with van der Waals surface area (Å²) in [5.41, 5.74) is 12.8. The first-order valence-electron chi connectivity index (χ1n) is 4.50. The average Bonchev–Trinajstić information content (AvgIpc) is 2.30. The molecule has 0 aliphatic carbocycles. The molecule has 5 nitrogen and oxygen atoms in total. The smallest absolute Gasteiger partial charge is 0.195 e. The van der Waals surface area contributed by atoms with Crippen molar-refractivity contribution >= 4 is 17.3 Å². The first-order valence-corrected chi connectivity index (χ1v) is 4.91. The fourth-order valence-corrected chi connectivity index (χ4v) is 1.42. The Morgan fingerprint density at radius 3 is 2.27 bits per heavy atom. The first-order chi connectivity index (χ1) is 7.29. The lowest BCUT2D eigenvalue weighted by Gasteiger charge is -2.28. The molecule has 0 amide bonds. The van der Waals surface area contributed by atoms with E-state index in [1.165, 1.54) is 0 Å². The Labute approximate surface area is 93.1 Å². The van der Waals surface area contributed by atoms with Crippen molar-refractivity contribution in [3.8, 4) is 5.75 Å². The van der Waals surface area contributed by atoms with E-state index in [1.807, 2.05) is 24.3 Å². The minimum atomic E-state index is -0.0254. The Hall–Kier alpha value is -1.37. The summed E-state index contributed by atoms with van der Waals surface area (Å²) in [6.45, 7) is 0. The molecular formula is C9H12N4OS. The molecule has 15 heavy (non-hydrogen) atoms. The van der Waals surface area contributed by atoms with Crippen LogP contribution in [0.4, 0.5) is 0 Å². The molecule has 0 unspecified atom stereocenters. The summed E-state index contributed by atoms with van der Waals surface area (Å²) in [6, 6.07) is 7.76. The van der Waals surface area contributed by atoms with Gasteiger partial charge in [-0.25, -0.2) is 10.9 Å². The second-order valence-corrected chi connectivity index (χ2v) is 3.48. The number of hydrazine groups is 2. The van der Waals surface area contributed by atoms with Crippen molar-refractivity contribution in [3.63, 3.8) is 0 Å². The van der Waals surface area contributed by atoms with Crippen LogP contribution in [0.15, 0.2) is 24.3 Å². The van der Waals surface area contributed by atoms with Gasteiger partial charge in [0.05, 0.1) is 7.11 Å². The molecule has 0 aromatic heterocycles. The normalized spacial score (nSPS) is 16.7. The van der Waals surface area contributed by atoms with Gasteiger partial charge in [-0.15, -0.1) is 0 Å². The highest BCUT2D eigenvalue weighted by Crippen LogP contribution is 2.15. The van der Waals surface area contributed by atoms with Crippen molar-refractivity contribution in [1.82, 2.24) is 21.7 Å². The van der Waals surface area contributed by atoms with Crippen LogP contribution in [0.1, 0.15) is 11.7 Å². The molecule has 0 saturated carbocycles. The van der Waals surface area contributed by atoms with Gasteiger partial charge in [0.25, 0.3) is 0 Å². The van der Waals surface area contributed by atoms with Crippen molar-refractivity contribution in [2.75, 3.05) is 7.11 Å². The summed E-state index contributed by atoms with van der Waals surface area (Å²) < 4.78 is 5.08. The molecule has 1 saturated heterocycles. The van der Waals surface area contributed by atoms with E-state index < -0.39 is 0 Å². The van der Waals surface area contributed by atoms with Crippen LogP contribution < -0.4 is 26.4 Å². The highest BCUT2D eigenvalue weighted by atomic mass is 32.1. The van der Waals surface area contributed by atoms with E-state index in [0.29, 0.717) is 5.11 Å². The second-order valence-electron chi connectivity index (χ2n) is 3.07. The van der Waals surface area contributed by atoms with Crippen molar-refractivity contribution < 1.29 is 4.74 Å². The zero-order chi connectivity index (χ0) is 10.7. The molecule has 6 heteroatoms. The van der Waals surface area contributed by atoms with E-state index in [-0.39, 0.29) is 6.17 Å². The predicted molar refractivity (Wildman–Crippen MR) is 60.9 cm³/mol. The van der Waals surface area contributed by atoms with Gasteiger partial charge in [0.1, 0.15) is 11.9 Å².